The van der Waals surface area contributed by atoms with Crippen LogP contribution in [0.3, 0.4) is 0 Å². The third kappa shape index (κ3) is 2.91. The number of hydrogen-bond acceptors (Lipinski definition) is 1. The molecule has 2 nitrogen and oxygen atoms in total. The average Bonchev–Trinajstić information content (AvgIpc) is 2.00. The number of carbonyl (C=O) groups excluding carboxylic acids is 1. The van der Waals surface area contributed by atoms with Gasteiger partial charge in [0, 0.05) is 12.5 Å². The first-order valence-electron chi connectivity index (χ1n) is 4.39. The van der Waals surface area contributed by atoms with Crippen LogP contribution in [0.15, 0.2) is 0 Å². The first-order valence-corrected chi connectivity index (χ1v) is 4.39. The Balaban J connectivity index is 4.16. The molecule has 0 aliphatic carbocycles. The maximum absolute atomic E-state index is 10.8. The van der Waals surface area contributed by atoms with Crippen molar-refractivity contribution in [1.29, 1.82) is 0 Å². The van der Waals surface area contributed by atoms with Crippen molar-refractivity contribution in [3.63, 3.8) is 0 Å². The van der Waals surface area contributed by atoms with Gasteiger partial charge in [-0.15, -0.1) is 0 Å². The van der Waals surface area contributed by atoms with Crippen molar-refractivity contribution >= 4 is 5.91 Å². The fourth-order valence-electron chi connectivity index (χ4n) is 1.39. The maximum atomic E-state index is 10.8. The van der Waals surface area contributed by atoms with Crippen molar-refractivity contribution in [3.05, 3.63) is 0 Å². The molecule has 0 unspecified atom stereocenters. The number of amides is 1. The second-order valence-electron chi connectivity index (χ2n) is 3.02. The third-order valence-electron chi connectivity index (χ3n) is 2.47. The van der Waals surface area contributed by atoms with Gasteiger partial charge in [-0.2, -0.15) is 0 Å². The van der Waals surface area contributed by atoms with Crippen molar-refractivity contribution in [3.8, 4) is 0 Å². The monoisotopic (exact) mass is 157 g/mol. The Kier molecular flexibility index (Phi) is 4.16. The van der Waals surface area contributed by atoms with E-state index in [0.29, 0.717) is 0 Å². The summed E-state index contributed by atoms with van der Waals surface area (Å²) in [5.74, 6) is 0.0792. The summed E-state index contributed by atoms with van der Waals surface area (Å²) < 4.78 is 0. The molecule has 0 fully saturated rings. The summed E-state index contributed by atoms with van der Waals surface area (Å²) in [6.45, 7) is 7.92. The van der Waals surface area contributed by atoms with Crippen LogP contribution in [-0.4, -0.2) is 11.4 Å². The summed E-state index contributed by atoms with van der Waals surface area (Å²) in [5.41, 5.74) is 0.0475. The zero-order valence-electron chi connectivity index (χ0n) is 8.03. The number of rotatable bonds is 4. The van der Waals surface area contributed by atoms with Gasteiger partial charge in [-0.25, -0.2) is 0 Å². The van der Waals surface area contributed by atoms with Crippen molar-refractivity contribution in [2.45, 2.75) is 52.5 Å². The Morgan fingerprint density at radius 1 is 1.18 bits per heavy atom. The van der Waals surface area contributed by atoms with E-state index in [9.17, 15) is 4.79 Å². The molecule has 2 heteroatoms. The minimum absolute atomic E-state index is 0.0475. The van der Waals surface area contributed by atoms with E-state index in [1.807, 2.05) is 0 Å². The SMILES string of the molecule is CCC(CC)(CC)NC(C)=O. The van der Waals surface area contributed by atoms with Gasteiger partial charge in [0.1, 0.15) is 0 Å². The second kappa shape index (κ2) is 4.37. The molecule has 0 aromatic carbocycles. The molecule has 11 heavy (non-hydrogen) atoms. The normalized spacial score (nSPS) is 11.3. The molecular formula is C9H19NO. The highest BCUT2D eigenvalue weighted by Gasteiger charge is 2.23. The molecule has 0 heterocycles. The van der Waals surface area contributed by atoms with Gasteiger partial charge in [0.15, 0.2) is 0 Å². The molecule has 0 saturated carbocycles. The topological polar surface area (TPSA) is 29.1 Å². The molecule has 0 aromatic heterocycles. The highest BCUT2D eigenvalue weighted by molar-refractivity contribution is 5.73. The average molecular weight is 157 g/mol. The van der Waals surface area contributed by atoms with Gasteiger partial charge in [-0.05, 0) is 19.3 Å². The highest BCUT2D eigenvalue weighted by atomic mass is 16.1. The zero-order chi connectivity index (χ0) is 8.91. The molecular weight excluding hydrogens is 138 g/mol. The van der Waals surface area contributed by atoms with E-state index in [4.69, 9.17) is 0 Å². The Morgan fingerprint density at radius 2 is 1.55 bits per heavy atom. The predicted molar refractivity (Wildman–Crippen MR) is 47.4 cm³/mol. The number of hydrogen-bond donors (Lipinski definition) is 1. The summed E-state index contributed by atoms with van der Waals surface area (Å²) in [6.07, 6.45) is 3.04. The van der Waals surface area contributed by atoms with E-state index >= 15 is 0 Å². The molecule has 0 radical (unpaired) electrons. The Labute approximate surface area is 69.4 Å². The number of carbonyl (C=O) groups is 1. The van der Waals surface area contributed by atoms with Gasteiger partial charge in [0.05, 0.1) is 0 Å². The minimum atomic E-state index is 0.0475. The van der Waals surface area contributed by atoms with E-state index in [-0.39, 0.29) is 11.4 Å². The zero-order valence-corrected chi connectivity index (χ0v) is 8.03. The smallest absolute Gasteiger partial charge is 0.217 e. The molecule has 0 saturated heterocycles. The quantitative estimate of drug-likeness (QED) is 0.665. The molecule has 1 N–H and O–H groups in total. The largest absolute Gasteiger partial charge is 0.351 e. The van der Waals surface area contributed by atoms with Crippen LogP contribution >= 0.6 is 0 Å². The van der Waals surface area contributed by atoms with Crippen LogP contribution < -0.4 is 5.32 Å². The second-order valence-corrected chi connectivity index (χ2v) is 3.02. The van der Waals surface area contributed by atoms with Crippen molar-refractivity contribution in [2.75, 3.05) is 0 Å². The summed E-state index contributed by atoms with van der Waals surface area (Å²) in [4.78, 5) is 10.8. The van der Waals surface area contributed by atoms with Gasteiger partial charge in [-0.1, -0.05) is 20.8 Å². The van der Waals surface area contributed by atoms with Crippen LogP contribution in [0.4, 0.5) is 0 Å². The lowest BCUT2D eigenvalue weighted by molar-refractivity contribution is -0.121. The fraction of sp³-hybridized carbons (Fsp3) is 0.889. The lowest BCUT2D eigenvalue weighted by Crippen LogP contribution is -2.46. The van der Waals surface area contributed by atoms with Gasteiger partial charge in [-0.3, -0.25) is 4.79 Å². The van der Waals surface area contributed by atoms with Crippen LogP contribution in [0, 0.1) is 0 Å². The Bertz CT molecular complexity index is 119. The summed E-state index contributed by atoms with van der Waals surface area (Å²) in [5, 5.41) is 3.00. The van der Waals surface area contributed by atoms with Gasteiger partial charge >= 0.3 is 0 Å². The van der Waals surface area contributed by atoms with Crippen LogP contribution in [0.25, 0.3) is 0 Å². The third-order valence-corrected chi connectivity index (χ3v) is 2.47. The first-order chi connectivity index (χ1) is 5.10. The summed E-state index contributed by atoms with van der Waals surface area (Å²) in [6, 6.07) is 0. The first kappa shape index (κ1) is 10.5. The maximum Gasteiger partial charge on any atom is 0.217 e. The number of nitrogens with one attached hydrogen (secondary N) is 1. The van der Waals surface area contributed by atoms with Crippen molar-refractivity contribution in [1.82, 2.24) is 5.32 Å². The van der Waals surface area contributed by atoms with Gasteiger partial charge in [0.25, 0.3) is 0 Å². The van der Waals surface area contributed by atoms with E-state index in [2.05, 4.69) is 26.1 Å². The molecule has 0 spiro atoms. The summed E-state index contributed by atoms with van der Waals surface area (Å²) >= 11 is 0. The predicted octanol–water partition coefficient (Wildman–Crippen LogP) is 2.09. The molecule has 0 bridgehead atoms. The minimum Gasteiger partial charge on any atom is -0.351 e. The lowest BCUT2D eigenvalue weighted by atomic mass is 9.90. The Morgan fingerprint density at radius 3 is 1.64 bits per heavy atom. The summed E-state index contributed by atoms with van der Waals surface area (Å²) in [7, 11) is 0. The highest BCUT2D eigenvalue weighted by Crippen LogP contribution is 2.18. The van der Waals surface area contributed by atoms with Crippen molar-refractivity contribution < 1.29 is 4.79 Å². The van der Waals surface area contributed by atoms with Crippen molar-refractivity contribution in [2.24, 2.45) is 0 Å². The fourth-order valence-corrected chi connectivity index (χ4v) is 1.39. The lowest BCUT2D eigenvalue weighted by Gasteiger charge is -2.31. The molecule has 1 amide bonds. The van der Waals surface area contributed by atoms with Crippen LogP contribution in [0.2, 0.25) is 0 Å². The molecule has 0 aliphatic heterocycles. The molecule has 0 rings (SSSR count). The van der Waals surface area contributed by atoms with Crippen LogP contribution in [-0.2, 0) is 4.79 Å². The van der Waals surface area contributed by atoms with E-state index in [1.165, 1.54) is 0 Å². The molecule has 0 aliphatic rings. The van der Waals surface area contributed by atoms with Crippen LogP contribution in [0.1, 0.15) is 47.0 Å². The van der Waals surface area contributed by atoms with E-state index < -0.39 is 0 Å². The van der Waals surface area contributed by atoms with E-state index in [1.54, 1.807) is 6.92 Å². The van der Waals surface area contributed by atoms with E-state index in [0.717, 1.165) is 19.3 Å². The van der Waals surface area contributed by atoms with Gasteiger partial charge < -0.3 is 5.32 Å². The van der Waals surface area contributed by atoms with Crippen LogP contribution in [0.5, 0.6) is 0 Å². The standard InChI is InChI=1S/C9H19NO/c1-5-9(6-2,7-3)10-8(4)11/h5-7H2,1-4H3,(H,10,11). The van der Waals surface area contributed by atoms with Gasteiger partial charge in [0.2, 0.25) is 5.91 Å². The molecule has 66 valence electrons. The molecule has 0 atom stereocenters. The molecule has 0 aromatic rings. The Hall–Kier alpha value is -0.530.